The fraction of sp³-hybridized carbons (Fsp3) is 0.588. The van der Waals surface area contributed by atoms with Crippen molar-refractivity contribution >= 4 is 11.7 Å². The molecule has 0 fully saturated rings. The minimum atomic E-state index is -0.357. The SMILES string of the molecule is CC(O)CC(C)(C)CNC(=O)NCCCNc1ccccc1. The Morgan fingerprint density at radius 3 is 2.50 bits per heavy atom. The largest absolute Gasteiger partial charge is 0.393 e. The van der Waals surface area contributed by atoms with Gasteiger partial charge in [-0.25, -0.2) is 4.79 Å². The number of hydrogen-bond donors (Lipinski definition) is 4. The summed E-state index contributed by atoms with van der Waals surface area (Å²) in [5.41, 5.74) is 0.979. The number of aliphatic hydroxyl groups excluding tert-OH is 1. The fourth-order valence-electron chi connectivity index (χ4n) is 2.33. The minimum absolute atomic E-state index is 0.111. The summed E-state index contributed by atoms with van der Waals surface area (Å²) in [5.74, 6) is 0. The lowest BCUT2D eigenvalue weighted by Crippen LogP contribution is -2.42. The Balaban J connectivity index is 2.08. The van der Waals surface area contributed by atoms with Crippen molar-refractivity contribution in [1.82, 2.24) is 10.6 Å². The lowest BCUT2D eigenvalue weighted by atomic mass is 9.87. The number of rotatable bonds is 9. The maximum atomic E-state index is 11.7. The molecule has 1 rings (SSSR count). The first-order valence-corrected chi connectivity index (χ1v) is 7.88. The van der Waals surface area contributed by atoms with Crippen LogP contribution >= 0.6 is 0 Å². The topological polar surface area (TPSA) is 73.4 Å². The van der Waals surface area contributed by atoms with E-state index in [0.717, 1.165) is 18.7 Å². The molecule has 2 amide bonds. The zero-order valence-electron chi connectivity index (χ0n) is 13.9. The van der Waals surface area contributed by atoms with Crippen LogP contribution in [0.2, 0.25) is 0 Å². The predicted molar refractivity (Wildman–Crippen MR) is 91.0 cm³/mol. The Morgan fingerprint density at radius 1 is 1.18 bits per heavy atom. The van der Waals surface area contributed by atoms with Gasteiger partial charge in [-0.15, -0.1) is 0 Å². The van der Waals surface area contributed by atoms with Gasteiger partial charge < -0.3 is 21.1 Å². The summed E-state index contributed by atoms with van der Waals surface area (Å²) in [5, 5.41) is 18.4. The molecule has 0 radical (unpaired) electrons. The standard InChI is InChI=1S/C17H29N3O2/c1-14(21)12-17(2,3)13-20-16(22)19-11-7-10-18-15-8-5-4-6-9-15/h4-6,8-9,14,18,21H,7,10-13H2,1-3H3,(H2,19,20,22). The van der Waals surface area contributed by atoms with E-state index in [2.05, 4.69) is 16.0 Å². The van der Waals surface area contributed by atoms with Gasteiger partial charge in [-0.1, -0.05) is 32.0 Å². The molecular formula is C17H29N3O2. The molecule has 1 aromatic rings. The molecule has 0 heterocycles. The first kappa shape index (κ1) is 18.3. The van der Waals surface area contributed by atoms with Crippen LogP contribution < -0.4 is 16.0 Å². The van der Waals surface area contributed by atoms with Crippen molar-refractivity contribution in [1.29, 1.82) is 0 Å². The molecule has 0 saturated carbocycles. The molecule has 0 spiro atoms. The third-order valence-corrected chi connectivity index (χ3v) is 3.32. The third-order valence-electron chi connectivity index (χ3n) is 3.32. The van der Waals surface area contributed by atoms with Gasteiger partial charge in [0, 0.05) is 25.3 Å². The number of amides is 2. The Hall–Kier alpha value is -1.75. The van der Waals surface area contributed by atoms with Crippen LogP contribution in [0, 0.1) is 5.41 Å². The van der Waals surface area contributed by atoms with Crippen molar-refractivity contribution in [2.24, 2.45) is 5.41 Å². The molecule has 0 aliphatic heterocycles. The van der Waals surface area contributed by atoms with Crippen LogP contribution in [0.4, 0.5) is 10.5 Å². The van der Waals surface area contributed by atoms with Crippen LogP contribution in [0.5, 0.6) is 0 Å². The number of benzene rings is 1. The monoisotopic (exact) mass is 307 g/mol. The first-order chi connectivity index (χ1) is 10.4. The van der Waals surface area contributed by atoms with E-state index in [1.165, 1.54) is 0 Å². The summed E-state index contributed by atoms with van der Waals surface area (Å²) in [7, 11) is 0. The molecule has 1 atom stereocenters. The lowest BCUT2D eigenvalue weighted by molar-refractivity contribution is 0.129. The molecular weight excluding hydrogens is 278 g/mol. The van der Waals surface area contributed by atoms with Gasteiger partial charge in [0.25, 0.3) is 0 Å². The summed E-state index contributed by atoms with van der Waals surface area (Å²) >= 11 is 0. The van der Waals surface area contributed by atoms with Gasteiger partial charge in [0.2, 0.25) is 0 Å². The third kappa shape index (κ3) is 8.52. The van der Waals surface area contributed by atoms with Crippen LogP contribution in [0.15, 0.2) is 30.3 Å². The van der Waals surface area contributed by atoms with Crippen LogP contribution in [0.1, 0.15) is 33.6 Å². The average Bonchev–Trinajstić information content (AvgIpc) is 2.45. The van der Waals surface area contributed by atoms with Crippen molar-refractivity contribution in [3.63, 3.8) is 0 Å². The normalized spacial score (nSPS) is 12.5. The summed E-state index contributed by atoms with van der Waals surface area (Å²) in [6.07, 6.45) is 1.16. The highest BCUT2D eigenvalue weighted by atomic mass is 16.3. The molecule has 5 heteroatoms. The van der Waals surface area contributed by atoms with Gasteiger partial charge in [0.1, 0.15) is 0 Å². The van der Waals surface area contributed by atoms with E-state index < -0.39 is 0 Å². The average molecular weight is 307 g/mol. The molecule has 0 bridgehead atoms. The highest BCUT2D eigenvalue weighted by Crippen LogP contribution is 2.20. The van der Waals surface area contributed by atoms with Gasteiger partial charge in [-0.05, 0) is 37.3 Å². The summed E-state index contributed by atoms with van der Waals surface area (Å²) in [6, 6.07) is 9.84. The fourth-order valence-corrected chi connectivity index (χ4v) is 2.33. The summed E-state index contributed by atoms with van der Waals surface area (Å²) in [4.78, 5) is 11.7. The van der Waals surface area contributed by atoms with E-state index in [1.807, 2.05) is 44.2 Å². The Morgan fingerprint density at radius 2 is 1.86 bits per heavy atom. The maximum absolute atomic E-state index is 11.7. The second kappa shape index (κ2) is 9.30. The van der Waals surface area contributed by atoms with Crippen molar-refractivity contribution in [2.75, 3.05) is 25.0 Å². The van der Waals surface area contributed by atoms with Crippen LogP contribution in [0.25, 0.3) is 0 Å². The quantitative estimate of drug-likeness (QED) is 0.530. The number of carbonyl (C=O) groups is 1. The van der Waals surface area contributed by atoms with Gasteiger partial charge in [-0.3, -0.25) is 0 Å². The Bertz CT molecular complexity index is 433. The molecule has 1 aromatic carbocycles. The minimum Gasteiger partial charge on any atom is -0.393 e. The second-order valence-electron chi connectivity index (χ2n) is 6.47. The van der Waals surface area contributed by atoms with Crippen molar-refractivity contribution in [2.45, 2.75) is 39.7 Å². The lowest BCUT2D eigenvalue weighted by Gasteiger charge is -2.26. The van der Waals surface area contributed by atoms with E-state index in [1.54, 1.807) is 6.92 Å². The number of carbonyl (C=O) groups excluding carboxylic acids is 1. The number of nitrogens with one attached hydrogen (secondary N) is 3. The van der Waals surface area contributed by atoms with Gasteiger partial charge in [-0.2, -0.15) is 0 Å². The first-order valence-electron chi connectivity index (χ1n) is 7.88. The molecule has 0 aliphatic carbocycles. The number of urea groups is 1. The molecule has 4 N–H and O–H groups in total. The van der Waals surface area contributed by atoms with Gasteiger partial charge in [0.15, 0.2) is 0 Å². The van der Waals surface area contributed by atoms with E-state index in [0.29, 0.717) is 19.5 Å². The van der Waals surface area contributed by atoms with E-state index >= 15 is 0 Å². The molecule has 0 saturated heterocycles. The van der Waals surface area contributed by atoms with Crippen molar-refractivity contribution in [3.8, 4) is 0 Å². The van der Waals surface area contributed by atoms with E-state index in [-0.39, 0.29) is 17.6 Å². The number of para-hydroxylation sites is 1. The zero-order chi connectivity index (χ0) is 16.4. The van der Waals surface area contributed by atoms with Crippen LogP contribution in [-0.4, -0.2) is 36.9 Å². The molecule has 124 valence electrons. The highest BCUT2D eigenvalue weighted by molar-refractivity contribution is 5.73. The van der Waals surface area contributed by atoms with Gasteiger partial charge in [0.05, 0.1) is 6.10 Å². The Labute approximate surface area is 133 Å². The molecule has 0 aromatic heterocycles. The summed E-state index contributed by atoms with van der Waals surface area (Å²) < 4.78 is 0. The molecule has 22 heavy (non-hydrogen) atoms. The smallest absolute Gasteiger partial charge is 0.314 e. The molecule has 0 aliphatic rings. The maximum Gasteiger partial charge on any atom is 0.314 e. The van der Waals surface area contributed by atoms with Gasteiger partial charge >= 0.3 is 6.03 Å². The van der Waals surface area contributed by atoms with Crippen molar-refractivity contribution < 1.29 is 9.90 Å². The van der Waals surface area contributed by atoms with E-state index in [4.69, 9.17) is 0 Å². The number of hydrogen-bond acceptors (Lipinski definition) is 3. The van der Waals surface area contributed by atoms with Crippen molar-refractivity contribution in [3.05, 3.63) is 30.3 Å². The molecule has 5 nitrogen and oxygen atoms in total. The van der Waals surface area contributed by atoms with Crippen LogP contribution in [-0.2, 0) is 0 Å². The summed E-state index contributed by atoms with van der Waals surface area (Å²) in [6.45, 7) is 7.82. The zero-order valence-corrected chi connectivity index (χ0v) is 13.9. The highest BCUT2D eigenvalue weighted by Gasteiger charge is 2.20. The molecule has 1 unspecified atom stereocenters. The number of anilines is 1. The predicted octanol–water partition coefficient (Wildman–Crippen LogP) is 2.58. The van der Waals surface area contributed by atoms with Crippen LogP contribution in [0.3, 0.4) is 0 Å². The number of aliphatic hydroxyl groups is 1. The van der Waals surface area contributed by atoms with E-state index in [9.17, 15) is 9.90 Å². The second-order valence-corrected chi connectivity index (χ2v) is 6.47. The Kier molecular flexibility index (Phi) is 7.74.